The summed E-state index contributed by atoms with van der Waals surface area (Å²) >= 11 is 5.73. The van der Waals surface area contributed by atoms with Crippen LogP contribution in [0.3, 0.4) is 0 Å². The van der Waals surface area contributed by atoms with E-state index in [1.807, 2.05) is 0 Å². The summed E-state index contributed by atoms with van der Waals surface area (Å²) in [5.74, 6) is 0.232. The Morgan fingerprint density at radius 3 is 2.86 bits per heavy atom. The highest BCUT2D eigenvalue weighted by molar-refractivity contribution is 6.32. The summed E-state index contributed by atoms with van der Waals surface area (Å²) in [6.45, 7) is 0.172. The van der Waals surface area contributed by atoms with Crippen LogP contribution in [-0.2, 0) is 12.7 Å². The van der Waals surface area contributed by atoms with Crippen LogP contribution in [0.4, 0.5) is 19.0 Å². The van der Waals surface area contributed by atoms with E-state index in [9.17, 15) is 13.2 Å². The fraction of sp³-hybridized carbons (Fsp3) is 0.200. The number of aromatic nitrogens is 4. The Bertz CT molecular complexity index is 639. The molecule has 4 N–H and O–H groups in total. The largest absolute Gasteiger partial charge is 0.419 e. The standard InChI is InChI=1S/C10H9ClF3N7/c11-7-1-6(10(12,13)14)2-17-9(7)20-19-8(15)3-21-5-16-4-18-21/h1-2,4-5H,3H2,(H2,15,19)(H,17,20)/p+1. The van der Waals surface area contributed by atoms with Crippen LogP contribution >= 0.6 is 11.6 Å². The molecule has 0 aliphatic heterocycles. The first-order valence-corrected chi connectivity index (χ1v) is 5.93. The summed E-state index contributed by atoms with van der Waals surface area (Å²) in [5, 5.41) is 7.44. The Morgan fingerprint density at radius 1 is 1.52 bits per heavy atom. The highest BCUT2D eigenvalue weighted by Gasteiger charge is 2.32. The molecule has 0 aromatic carbocycles. The third-order valence-corrected chi connectivity index (χ3v) is 2.62. The van der Waals surface area contributed by atoms with E-state index in [1.165, 1.54) is 17.3 Å². The second kappa shape index (κ2) is 5.95. The Labute approximate surface area is 121 Å². The summed E-state index contributed by atoms with van der Waals surface area (Å²) < 4.78 is 38.8. The van der Waals surface area contributed by atoms with Gasteiger partial charge in [-0.2, -0.15) is 18.3 Å². The number of anilines is 1. The number of hydrogen-bond acceptors (Lipinski definition) is 4. The summed E-state index contributed by atoms with van der Waals surface area (Å²) in [5.41, 5.74) is 7.18. The van der Waals surface area contributed by atoms with Gasteiger partial charge in [0.25, 0.3) is 0 Å². The van der Waals surface area contributed by atoms with Crippen molar-refractivity contribution in [3.63, 3.8) is 0 Å². The zero-order valence-corrected chi connectivity index (χ0v) is 11.2. The SMILES string of the molecule is NC(Cn1cncn1)=NNc1[nH+]cc(C(F)(F)F)cc1Cl. The second-order valence-corrected chi connectivity index (χ2v) is 4.32. The zero-order chi connectivity index (χ0) is 15.5. The molecule has 0 saturated heterocycles. The van der Waals surface area contributed by atoms with Crippen LogP contribution in [0.1, 0.15) is 5.56 Å². The number of rotatable bonds is 4. The Balaban J connectivity index is 2.06. The fourth-order valence-corrected chi connectivity index (χ4v) is 1.58. The van der Waals surface area contributed by atoms with Gasteiger partial charge in [-0.05, 0) is 6.07 Å². The minimum absolute atomic E-state index is 0.0891. The molecule has 0 spiro atoms. The van der Waals surface area contributed by atoms with Gasteiger partial charge in [0, 0.05) is 0 Å². The molecule has 0 bridgehead atoms. The lowest BCUT2D eigenvalue weighted by atomic mass is 10.3. The Hall–Kier alpha value is -2.36. The number of amidine groups is 1. The van der Waals surface area contributed by atoms with Crippen molar-refractivity contribution in [1.82, 2.24) is 14.8 Å². The maximum absolute atomic E-state index is 12.5. The van der Waals surface area contributed by atoms with Gasteiger partial charge >= 0.3 is 12.0 Å². The van der Waals surface area contributed by atoms with Gasteiger partial charge in [0.05, 0.1) is 5.56 Å². The predicted molar refractivity (Wildman–Crippen MR) is 68.3 cm³/mol. The Morgan fingerprint density at radius 2 is 2.29 bits per heavy atom. The monoisotopic (exact) mass is 320 g/mol. The van der Waals surface area contributed by atoms with Gasteiger partial charge in [-0.15, -0.1) is 5.43 Å². The first-order chi connectivity index (χ1) is 9.86. The van der Waals surface area contributed by atoms with Crippen LogP contribution in [0.25, 0.3) is 0 Å². The van der Waals surface area contributed by atoms with Crippen LogP contribution in [-0.4, -0.2) is 20.6 Å². The number of hydrogen-bond donors (Lipinski definition) is 2. The molecule has 2 aromatic rings. The highest BCUT2D eigenvalue weighted by Crippen LogP contribution is 2.31. The van der Waals surface area contributed by atoms with Crippen molar-refractivity contribution >= 4 is 23.3 Å². The lowest BCUT2D eigenvalue weighted by molar-refractivity contribution is -0.364. The van der Waals surface area contributed by atoms with E-state index in [1.54, 1.807) is 0 Å². The molecule has 2 rings (SSSR count). The molecule has 0 unspecified atom stereocenters. The van der Waals surface area contributed by atoms with Gasteiger partial charge in [-0.25, -0.2) is 14.6 Å². The van der Waals surface area contributed by atoms with Gasteiger partial charge in [0.2, 0.25) is 0 Å². The number of nitrogens with two attached hydrogens (primary N) is 1. The second-order valence-electron chi connectivity index (χ2n) is 3.92. The first kappa shape index (κ1) is 15.0. The van der Waals surface area contributed by atoms with Crippen molar-refractivity contribution in [1.29, 1.82) is 0 Å². The number of nitrogens with zero attached hydrogens (tertiary/aromatic N) is 4. The van der Waals surface area contributed by atoms with Crippen LogP contribution < -0.4 is 16.1 Å². The molecule has 112 valence electrons. The molecule has 11 heteroatoms. The number of pyridine rings is 1. The van der Waals surface area contributed by atoms with Crippen molar-refractivity contribution in [3.8, 4) is 0 Å². The van der Waals surface area contributed by atoms with Crippen molar-refractivity contribution in [2.45, 2.75) is 12.7 Å². The molecule has 7 nitrogen and oxygen atoms in total. The van der Waals surface area contributed by atoms with Gasteiger partial charge in [0.1, 0.15) is 30.4 Å². The number of alkyl halides is 3. The molecular weight excluding hydrogens is 311 g/mol. The molecule has 0 fully saturated rings. The van der Waals surface area contributed by atoms with Crippen LogP contribution in [0.15, 0.2) is 30.0 Å². The molecular formula is C10H10ClF3N7+. The van der Waals surface area contributed by atoms with E-state index in [4.69, 9.17) is 17.3 Å². The van der Waals surface area contributed by atoms with Crippen LogP contribution in [0.5, 0.6) is 0 Å². The maximum atomic E-state index is 12.5. The molecule has 0 aliphatic carbocycles. The van der Waals surface area contributed by atoms with Crippen LogP contribution in [0.2, 0.25) is 5.02 Å². The molecule has 21 heavy (non-hydrogen) atoms. The molecule has 2 heterocycles. The smallest absolute Gasteiger partial charge is 0.382 e. The van der Waals surface area contributed by atoms with E-state index in [2.05, 4.69) is 25.6 Å². The van der Waals surface area contributed by atoms with Gasteiger partial charge < -0.3 is 5.73 Å². The average Bonchev–Trinajstić information content (AvgIpc) is 2.89. The fourth-order valence-electron chi connectivity index (χ4n) is 1.36. The molecule has 0 atom stereocenters. The zero-order valence-electron chi connectivity index (χ0n) is 10.4. The number of halogens is 4. The van der Waals surface area contributed by atoms with Gasteiger partial charge in [-0.1, -0.05) is 16.7 Å². The van der Waals surface area contributed by atoms with Crippen molar-refractivity contribution < 1.29 is 18.2 Å². The van der Waals surface area contributed by atoms with E-state index in [0.29, 0.717) is 0 Å². The minimum Gasteiger partial charge on any atom is -0.382 e. The maximum Gasteiger partial charge on any atom is 0.419 e. The topological polar surface area (TPSA) is 95.3 Å². The van der Waals surface area contributed by atoms with Gasteiger partial charge in [0.15, 0.2) is 5.84 Å². The summed E-state index contributed by atoms with van der Waals surface area (Å²) in [4.78, 5) is 6.09. The lowest BCUT2D eigenvalue weighted by Crippen LogP contribution is -2.23. The summed E-state index contributed by atoms with van der Waals surface area (Å²) in [7, 11) is 0. The van der Waals surface area contributed by atoms with Crippen LogP contribution in [0, 0.1) is 0 Å². The number of H-pyrrole nitrogens is 1. The quantitative estimate of drug-likeness (QED) is 0.502. The van der Waals surface area contributed by atoms with Crippen molar-refractivity contribution in [2.24, 2.45) is 10.8 Å². The number of hydrazone groups is 1. The van der Waals surface area contributed by atoms with Gasteiger partial charge in [-0.3, -0.25) is 0 Å². The van der Waals surface area contributed by atoms with E-state index in [-0.39, 0.29) is 23.2 Å². The molecule has 0 aliphatic rings. The molecule has 0 saturated carbocycles. The minimum atomic E-state index is -4.48. The van der Waals surface area contributed by atoms with Crippen molar-refractivity contribution in [3.05, 3.63) is 35.5 Å². The van der Waals surface area contributed by atoms with E-state index in [0.717, 1.165) is 12.3 Å². The normalized spacial score (nSPS) is 12.5. The summed E-state index contributed by atoms with van der Waals surface area (Å²) in [6.07, 6.45) is -0.924. The Kier molecular flexibility index (Phi) is 4.26. The first-order valence-electron chi connectivity index (χ1n) is 5.55. The predicted octanol–water partition coefficient (Wildman–Crippen LogP) is 1.15. The number of nitrogens with one attached hydrogen (secondary N) is 2. The van der Waals surface area contributed by atoms with E-state index >= 15 is 0 Å². The average molecular weight is 321 g/mol. The van der Waals surface area contributed by atoms with E-state index < -0.39 is 11.7 Å². The molecule has 2 aromatic heterocycles. The molecule has 0 radical (unpaired) electrons. The summed E-state index contributed by atoms with van der Waals surface area (Å²) in [6, 6.07) is 0.781. The third-order valence-electron chi connectivity index (χ3n) is 2.32. The molecule has 0 amide bonds. The highest BCUT2D eigenvalue weighted by atomic mass is 35.5. The number of aromatic amines is 1. The van der Waals surface area contributed by atoms with Crippen molar-refractivity contribution in [2.75, 3.05) is 5.43 Å². The lowest BCUT2D eigenvalue weighted by Gasteiger charge is -2.05. The third kappa shape index (κ3) is 4.05.